The summed E-state index contributed by atoms with van der Waals surface area (Å²) in [5.41, 5.74) is 1.33. The summed E-state index contributed by atoms with van der Waals surface area (Å²) in [5.74, 6) is 0.517. The number of ether oxygens (including phenoxy) is 1. The number of thiazole rings is 1. The number of aryl methyl sites for hydroxylation is 2. The van der Waals surface area contributed by atoms with E-state index in [1.807, 2.05) is 6.92 Å². The molecule has 1 aliphatic carbocycles. The summed E-state index contributed by atoms with van der Waals surface area (Å²) < 4.78 is 5.43. The minimum Gasteiger partial charge on any atom is -0.381 e. The van der Waals surface area contributed by atoms with Gasteiger partial charge in [0.1, 0.15) is 5.00 Å². The molecular formula is C18H23N3O2S2. The van der Waals surface area contributed by atoms with Crippen LogP contribution in [0.4, 0.5) is 5.00 Å². The lowest BCUT2D eigenvalue weighted by atomic mass is 10.1. The molecule has 1 saturated carbocycles. The number of carbonyl (C=O) groups is 1. The zero-order chi connectivity index (χ0) is 17.4. The number of aromatic nitrogens is 1. The van der Waals surface area contributed by atoms with Crippen LogP contribution >= 0.6 is 22.7 Å². The van der Waals surface area contributed by atoms with Crippen LogP contribution in [0.25, 0.3) is 0 Å². The Morgan fingerprint density at radius 3 is 2.80 bits per heavy atom. The number of hydrogen-bond donors (Lipinski definition) is 2. The lowest BCUT2D eigenvalue weighted by Gasteiger charge is -2.23. The number of nitrogens with one attached hydrogen (secondary N) is 2. The van der Waals surface area contributed by atoms with Gasteiger partial charge in [-0.3, -0.25) is 4.79 Å². The number of rotatable bonds is 5. The third kappa shape index (κ3) is 3.95. The van der Waals surface area contributed by atoms with Crippen LogP contribution < -0.4 is 10.6 Å². The van der Waals surface area contributed by atoms with Crippen LogP contribution in [-0.2, 0) is 4.74 Å². The van der Waals surface area contributed by atoms with E-state index in [0.29, 0.717) is 18.0 Å². The minimum atomic E-state index is -0.0300. The Kier molecular flexibility index (Phi) is 4.90. The summed E-state index contributed by atoms with van der Waals surface area (Å²) in [4.78, 5) is 18.7. The number of thiophene rings is 1. The van der Waals surface area contributed by atoms with Crippen LogP contribution in [0, 0.1) is 13.8 Å². The van der Waals surface area contributed by atoms with E-state index in [4.69, 9.17) is 4.74 Å². The predicted molar refractivity (Wildman–Crippen MR) is 102 cm³/mol. The van der Waals surface area contributed by atoms with E-state index in [-0.39, 0.29) is 5.91 Å². The molecule has 2 atom stereocenters. The summed E-state index contributed by atoms with van der Waals surface area (Å²) in [7, 11) is 0. The van der Waals surface area contributed by atoms with Gasteiger partial charge in [0, 0.05) is 36.1 Å². The van der Waals surface area contributed by atoms with Crippen LogP contribution in [0.15, 0.2) is 12.3 Å². The Bertz CT molecular complexity index is 764. The van der Waals surface area contributed by atoms with Crippen molar-refractivity contribution >= 4 is 33.6 Å². The molecule has 0 spiro atoms. The number of amides is 1. The minimum absolute atomic E-state index is 0.0300. The molecular weight excluding hydrogens is 354 g/mol. The largest absolute Gasteiger partial charge is 0.381 e. The fraction of sp³-hybridized carbons (Fsp3) is 0.556. The van der Waals surface area contributed by atoms with Crippen molar-refractivity contribution in [1.29, 1.82) is 0 Å². The van der Waals surface area contributed by atoms with Gasteiger partial charge in [0.15, 0.2) is 0 Å². The molecule has 3 heterocycles. The normalized spacial score (nSPS) is 23.6. The number of hydrogen-bond acceptors (Lipinski definition) is 6. The van der Waals surface area contributed by atoms with Crippen molar-refractivity contribution in [3.63, 3.8) is 0 Å². The van der Waals surface area contributed by atoms with Crippen LogP contribution in [0.3, 0.4) is 0 Å². The Hall–Kier alpha value is -1.28. The highest BCUT2D eigenvalue weighted by Gasteiger charge is 2.41. The van der Waals surface area contributed by atoms with E-state index >= 15 is 0 Å². The van der Waals surface area contributed by atoms with Gasteiger partial charge in [-0.2, -0.15) is 0 Å². The predicted octanol–water partition coefficient (Wildman–Crippen LogP) is 3.70. The molecule has 2 aromatic heterocycles. The first-order chi connectivity index (χ1) is 12.1. The van der Waals surface area contributed by atoms with Gasteiger partial charge in [0.25, 0.3) is 5.91 Å². The zero-order valence-electron chi connectivity index (χ0n) is 14.5. The van der Waals surface area contributed by atoms with Gasteiger partial charge < -0.3 is 15.4 Å². The van der Waals surface area contributed by atoms with Gasteiger partial charge in [0.2, 0.25) is 0 Å². The fourth-order valence-electron chi connectivity index (χ4n) is 3.46. The highest BCUT2D eigenvalue weighted by molar-refractivity contribution is 7.16. The van der Waals surface area contributed by atoms with E-state index in [1.165, 1.54) is 28.2 Å². The highest BCUT2D eigenvalue weighted by Crippen LogP contribution is 2.45. The summed E-state index contributed by atoms with van der Waals surface area (Å²) in [5, 5.41) is 8.48. The van der Waals surface area contributed by atoms with E-state index in [2.05, 4.69) is 28.6 Å². The monoisotopic (exact) mass is 377 g/mol. The van der Waals surface area contributed by atoms with Gasteiger partial charge in [-0.25, -0.2) is 4.98 Å². The highest BCUT2D eigenvalue weighted by atomic mass is 32.1. The van der Waals surface area contributed by atoms with Crippen molar-refractivity contribution in [1.82, 2.24) is 10.3 Å². The van der Waals surface area contributed by atoms with Gasteiger partial charge in [0.05, 0.1) is 16.1 Å². The van der Waals surface area contributed by atoms with Crippen molar-refractivity contribution in [2.75, 3.05) is 18.5 Å². The molecule has 1 saturated heterocycles. The topological polar surface area (TPSA) is 63.2 Å². The summed E-state index contributed by atoms with van der Waals surface area (Å²) in [6.45, 7) is 5.80. The van der Waals surface area contributed by atoms with E-state index in [0.717, 1.165) is 40.9 Å². The molecule has 134 valence electrons. The lowest BCUT2D eigenvalue weighted by molar-refractivity contribution is 0.0774. The molecule has 0 bridgehead atoms. The lowest BCUT2D eigenvalue weighted by Crippen LogP contribution is -2.36. The first-order valence-electron chi connectivity index (χ1n) is 8.78. The average Bonchev–Trinajstić information content (AvgIpc) is 3.03. The number of anilines is 1. The molecule has 5 nitrogen and oxygen atoms in total. The molecule has 0 aromatic carbocycles. The molecule has 1 amide bonds. The van der Waals surface area contributed by atoms with Crippen LogP contribution in [0.2, 0.25) is 0 Å². The molecule has 1 aliphatic heterocycles. The number of nitrogens with zero attached hydrogens (tertiary/aromatic N) is 1. The summed E-state index contributed by atoms with van der Waals surface area (Å²) in [6, 6.07) is 3.22. The average molecular weight is 378 g/mol. The van der Waals surface area contributed by atoms with Gasteiger partial charge >= 0.3 is 0 Å². The molecule has 2 N–H and O–H groups in total. The SMILES string of the molecule is Cc1ncc(NC(=O)c2cc(C3CC3NC3CCOCC3)c(C)s2)s1. The first-order valence-corrected chi connectivity index (χ1v) is 10.4. The van der Waals surface area contributed by atoms with Crippen molar-refractivity contribution in [2.24, 2.45) is 0 Å². The van der Waals surface area contributed by atoms with E-state index in [1.54, 1.807) is 17.5 Å². The fourth-order valence-corrected chi connectivity index (χ4v) is 5.12. The Morgan fingerprint density at radius 2 is 2.08 bits per heavy atom. The van der Waals surface area contributed by atoms with E-state index in [9.17, 15) is 4.79 Å². The molecule has 2 unspecified atom stereocenters. The maximum absolute atomic E-state index is 12.5. The Labute approximate surface area is 155 Å². The van der Waals surface area contributed by atoms with Crippen molar-refractivity contribution < 1.29 is 9.53 Å². The van der Waals surface area contributed by atoms with Crippen LogP contribution in [-0.4, -0.2) is 36.2 Å². The van der Waals surface area contributed by atoms with Crippen molar-refractivity contribution in [3.8, 4) is 0 Å². The second-order valence-electron chi connectivity index (χ2n) is 6.82. The Morgan fingerprint density at radius 1 is 1.28 bits per heavy atom. The van der Waals surface area contributed by atoms with Crippen molar-refractivity contribution in [3.05, 3.63) is 32.6 Å². The molecule has 2 aliphatic rings. The molecule has 0 radical (unpaired) electrons. The first kappa shape index (κ1) is 17.1. The van der Waals surface area contributed by atoms with Crippen molar-refractivity contribution in [2.45, 2.75) is 51.1 Å². The summed E-state index contributed by atoms with van der Waals surface area (Å²) >= 11 is 3.09. The van der Waals surface area contributed by atoms with Gasteiger partial charge in [-0.15, -0.1) is 22.7 Å². The van der Waals surface area contributed by atoms with Gasteiger partial charge in [-0.1, -0.05) is 0 Å². The second kappa shape index (κ2) is 7.15. The number of carbonyl (C=O) groups excluding carboxylic acids is 1. The molecule has 7 heteroatoms. The standard InChI is InChI=1S/C18H23N3O2S2/c1-10-13(14-7-15(14)20-12-3-5-23-6-4-12)8-16(24-10)18(22)21-17-9-19-11(2)25-17/h8-9,12,14-15,20H,3-7H2,1-2H3,(H,21,22). The third-order valence-corrected chi connectivity index (χ3v) is 6.79. The molecule has 25 heavy (non-hydrogen) atoms. The smallest absolute Gasteiger partial charge is 0.266 e. The molecule has 2 fully saturated rings. The molecule has 2 aromatic rings. The third-order valence-electron chi connectivity index (χ3n) is 4.90. The van der Waals surface area contributed by atoms with E-state index < -0.39 is 0 Å². The van der Waals surface area contributed by atoms with Crippen LogP contribution in [0.1, 0.15) is 50.3 Å². The summed E-state index contributed by atoms with van der Waals surface area (Å²) in [6.07, 6.45) is 5.10. The maximum atomic E-state index is 12.5. The molecule has 4 rings (SSSR count). The second-order valence-corrected chi connectivity index (χ2v) is 9.31. The van der Waals surface area contributed by atoms with Crippen LogP contribution in [0.5, 0.6) is 0 Å². The zero-order valence-corrected chi connectivity index (χ0v) is 16.1. The Balaban J connectivity index is 1.38. The maximum Gasteiger partial charge on any atom is 0.266 e. The quantitative estimate of drug-likeness (QED) is 0.834. The van der Waals surface area contributed by atoms with Gasteiger partial charge in [-0.05, 0) is 44.7 Å².